The van der Waals surface area contributed by atoms with Crippen molar-refractivity contribution in [1.82, 2.24) is 4.98 Å². The summed E-state index contributed by atoms with van der Waals surface area (Å²) < 4.78 is 27.5. The highest BCUT2D eigenvalue weighted by Crippen LogP contribution is 2.25. The van der Waals surface area contributed by atoms with Gasteiger partial charge in [-0.25, -0.2) is 13.4 Å². The maximum atomic E-state index is 12.3. The molecule has 0 atom stereocenters. The van der Waals surface area contributed by atoms with Crippen LogP contribution < -0.4 is 10.0 Å². The fraction of sp³-hybridized carbons (Fsp3) is 0.438. The van der Waals surface area contributed by atoms with Crippen LogP contribution in [0.1, 0.15) is 37.5 Å². The molecule has 0 unspecified atom stereocenters. The number of rotatable bonds is 6. The number of hydrogen-bond acceptors (Lipinski definition) is 5. The summed E-state index contributed by atoms with van der Waals surface area (Å²) in [6, 6.07) is 7.57. The van der Waals surface area contributed by atoms with Crippen LogP contribution in [-0.2, 0) is 16.4 Å². The third kappa shape index (κ3) is 4.03. The van der Waals surface area contributed by atoms with Gasteiger partial charge in [0.1, 0.15) is 10.0 Å². The minimum Gasteiger partial charge on any atom is -0.381 e. The Morgan fingerprint density at radius 2 is 2.00 bits per heavy atom. The maximum absolute atomic E-state index is 12.3. The summed E-state index contributed by atoms with van der Waals surface area (Å²) in [6.45, 7) is 2.01. The number of hydrogen-bond donors (Lipinski definition) is 2. The molecule has 3 rings (SSSR count). The Morgan fingerprint density at radius 1 is 1.22 bits per heavy atom. The smallest absolute Gasteiger partial charge is 0.272 e. The minimum absolute atomic E-state index is 0.323. The van der Waals surface area contributed by atoms with E-state index in [1.807, 2.05) is 19.1 Å². The van der Waals surface area contributed by atoms with Crippen LogP contribution in [0.3, 0.4) is 0 Å². The number of sulfonamides is 1. The Balaban J connectivity index is 1.67. The van der Waals surface area contributed by atoms with Crippen LogP contribution in [0.25, 0.3) is 0 Å². The van der Waals surface area contributed by atoms with E-state index >= 15 is 0 Å². The van der Waals surface area contributed by atoms with Gasteiger partial charge in [0.15, 0.2) is 0 Å². The van der Waals surface area contributed by atoms with E-state index in [1.165, 1.54) is 37.0 Å². The lowest BCUT2D eigenvalue weighted by Gasteiger charge is -2.13. The normalized spacial score (nSPS) is 15.7. The van der Waals surface area contributed by atoms with E-state index in [-0.39, 0.29) is 0 Å². The van der Waals surface area contributed by atoms with E-state index in [1.54, 1.807) is 18.3 Å². The fourth-order valence-electron chi connectivity index (χ4n) is 2.73. The molecule has 2 aromatic heterocycles. The summed E-state index contributed by atoms with van der Waals surface area (Å²) in [4.78, 5) is 5.26. The third-order valence-corrected chi connectivity index (χ3v) is 7.05. The van der Waals surface area contributed by atoms with Gasteiger partial charge in [0.25, 0.3) is 10.0 Å². The zero-order valence-electron chi connectivity index (χ0n) is 13.1. The van der Waals surface area contributed by atoms with Crippen LogP contribution in [0.4, 0.5) is 11.5 Å². The number of pyridine rings is 1. The van der Waals surface area contributed by atoms with Gasteiger partial charge in [0, 0.05) is 10.9 Å². The van der Waals surface area contributed by atoms with Crippen molar-refractivity contribution in [3.8, 4) is 0 Å². The molecule has 0 spiro atoms. The average Bonchev–Trinajstić information content (AvgIpc) is 3.20. The SMILES string of the molecule is CCc1ccc(S(=O)(=O)Nc2ccc(NC3CCCC3)cn2)s1. The van der Waals surface area contributed by atoms with E-state index in [2.05, 4.69) is 15.0 Å². The Morgan fingerprint density at radius 3 is 2.61 bits per heavy atom. The van der Waals surface area contributed by atoms with Crippen molar-refractivity contribution in [3.05, 3.63) is 35.3 Å². The predicted octanol–water partition coefficient (Wildman–Crippen LogP) is 3.86. The van der Waals surface area contributed by atoms with Gasteiger partial charge in [-0.1, -0.05) is 19.8 Å². The second kappa shape index (κ2) is 6.88. The van der Waals surface area contributed by atoms with Crippen LogP contribution in [0, 0.1) is 0 Å². The van der Waals surface area contributed by atoms with Crippen LogP contribution in [0.5, 0.6) is 0 Å². The summed E-state index contributed by atoms with van der Waals surface area (Å²) >= 11 is 1.29. The lowest BCUT2D eigenvalue weighted by atomic mass is 10.2. The second-order valence-corrected chi connectivity index (χ2v) is 8.82. The summed E-state index contributed by atoms with van der Waals surface area (Å²) in [5.74, 6) is 0.341. The average molecular weight is 351 g/mol. The van der Waals surface area contributed by atoms with Crippen molar-refractivity contribution < 1.29 is 8.42 Å². The van der Waals surface area contributed by atoms with Crippen LogP contribution in [-0.4, -0.2) is 19.4 Å². The van der Waals surface area contributed by atoms with Gasteiger partial charge in [-0.3, -0.25) is 4.72 Å². The molecule has 0 amide bonds. The first-order valence-corrected chi connectivity index (χ1v) is 10.2. The molecule has 1 saturated carbocycles. The summed E-state index contributed by atoms with van der Waals surface area (Å²) in [7, 11) is -3.55. The predicted molar refractivity (Wildman–Crippen MR) is 94.6 cm³/mol. The number of nitrogens with one attached hydrogen (secondary N) is 2. The molecular weight excluding hydrogens is 330 g/mol. The molecule has 5 nitrogen and oxygen atoms in total. The molecule has 0 aromatic carbocycles. The van der Waals surface area contributed by atoms with Gasteiger partial charge in [-0.15, -0.1) is 11.3 Å². The number of anilines is 2. The molecular formula is C16H21N3O2S2. The van der Waals surface area contributed by atoms with Gasteiger partial charge < -0.3 is 5.32 Å². The summed E-state index contributed by atoms with van der Waals surface area (Å²) in [5.41, 5.74) is 0.934. The molecule has 2 N–H and O–H groups in total. The Labute approximate surface area is 141 Å². The van der Waals surface area contributed by atoms with Crippen molar-refractivity contribution in [1.29, 1.82) is 0 Å². The lowest BCUT2D eigenvalue weighted by molar-refractivity contribution is 0.603. The largest absolute Gasteiger partial charge is 0.381 e. The molecule has 2 heterocycles. The van der Waals surface area contributed by atoms with Crippen molar-refractivity contribution in [2.45, 2.75) is 49.3 Å². The zero-order valence-corrected chi connectivity index (χ0v) is 14.7. The zero-order chi connectivity index (χ0) is 16.3. The van der Waals surface area contributed by atoms with E-state index in [0.29, 0.717) is 16.1 Å². The molecule has 1 fully saturated rings. The van der Waals surface area contributed by atoms with Gasteiger partial charge in [-0.2, -0.15) is 0 Å². The van der Waals surface area contributed by atoms with Crippen molar-refractivity contribution >= 4 is 32.9 Å². The second-order valence-electron chi connectivity index (χ2n) is 5.74. The topological polar surface area (TPSA) is 71.1 Å². The van der Waals surface area contributed by atoms with Crippen molar-refractivity contribution in [3.63, 3.8) is 0 Å². The van der Waals surface area contributed by atoms with Crippen LogP contribution >= 0.6 is 11.3 Å². The van der Waals surface area contributed by atoms with Gasteiger partial charge in [-0.05, 0) is 43.5 Å². The maximum Gasteiger partial charge on any atom is 0.272 e. The summed E-state index contributed by atoms with van der Waals surface area (Å²) in [5, 5.41) is 3.44. The minimum atomic E-state index is -3.55. The standard InChI is InChI=1S/C16H21N3O2S2/c1-2-14-8-10-16(22-14)23(20,21)19-15-9-7-13(11-17-15)18-12-5-3-4-6-12/h7-12,18H,2-6H2,1H3,(H,17,19). The molecule has 0 bridgehead atoms. The number of thiophene rings is 1. The van der Waals surface area contributed by atoms with E-state index < -0.39 is 10.0 Å². The quantitative estimate of drug-likeness (QED) is 0.829. The van der Waals surface area contributed by atoms with Gasteiger partial charge in [0.05, 0.1) is 11.9 Å². The molecule has 124 valence electrons. The van der Waals surface area contributed by atoms with Crippen molar-refractivity contribution in [2.24, 2.45) is 0 Å². The fourth-order valence-corrected chi connectivity index (χ4v) is 5.03. The number of aromatic nitrogens is 1. The van der Waals surface area contributed by atoms with Crippen LogP contribution in [0.2, 0.25) is 0 Å². The van der Waals surface area contributed by atoms with Gasteiger partial charge >= 0.3 is 0 Å². The molecule has 0 aliphatic heterocycles. The van der Waals surface area contributed by atoms with E-state index in [9.17, 15) is 8.42 Å². The number of nitrogens with zero attached hydrogens (tertiary/aromatic N) is 1. The lowest BCUT2D eigenvalue weighted by Crippen LogP contribution is -2.15. The first-order valence-electron chi connectivity index (χ1n) is 7.91. The monoisotopic (exact) mass is 351 g/mol. The third-order valence-electron chi connectivity index (χ3n) is 3.98. The van der Waals surface area contributed by atoms with E-state index in [4.69, 9.17) is 0 Å². The molecule has 1 aliphatic carbocycles. The Kier molecular flexibility index (Phi) is 4.87. The molecule has 0 radical (unpaired) electrons. The highest BCUT2D eigenvalue weighted by molar-refractivity contribution is 7.94. The van der Waals surface area contributed by atoms with Crippen molar-refractivity contribution in [2.75, 3.05) is 10.0 Å². The first-order chi connectivity index (χ1) is 11.1. The molecule has 0 saturated heterocycles. The first kappa shape index (κ1) is 16.3. The van der Waals surface area contributed by atoms with Gasteiger partial charge in [0.2, 0.25) is 0 Å². The Bertz CT molecular complexity index is 748. The molecule has 23 heavy (non-hydrogen) atoms. The summed E-state index contributed by atoms with van der Waals surface area (Å²) in [6.07, 6.45) is 7.42. The molecule has 1 aliphatic rings. The van der Waals surface area contributed by atoms with E-state index in [0.717, 1.165) is 17.0 Å². The number of aryl methyl sites for hydroxylation is 1. The highest BCUT2D eigenvalue weighted by Gasteiger charge is 2.18. The highest BCUT2D eigenvalue weighted by atomic mass is 32.2. The van der Waals surface area contributed by atoms with Crippen LogP contribution in [0.15, 0.2) is 34.7 Å². The molecule has 7 heteroatoms. The molecule has 2 aromatic rings. The Hall–Kier alpha value is -1.60.